The number of nitrogens with zero attached hydrogens (tertiary/aromatic N) is 2. The van der Waals surface area contributed by atoms with Crippen LogP contribution in [0.5, 0.6) is 0 Å². The monoisotopic (exact) mass is 316 g/mol. The van der Waals surface area contributed by atoms with Crippen molar-refractivity contribution in [1.82, 2.24) is 9.78 Å². The molecule has 6 nitrogen and oxygen atoms in total. The molecule has 0 saturated heterocycles. The highest BCUT2D eigenvalue weighted by Gasteiger charge is 2.18. The lowest BCUT2D eigenvalue weighted by molar-refractivity contribution is 0.00693. The Bertz CT molecular complexity index is 696. The second kappa shape index (κ2) is 6.64. The number of ether oxygens (including phenoxy) is 2. The van der Waals surface area contributed by atoms with Crippen molar-refractivity contribution in [3.8, 4) is 5.69 Å². The third-order valence-electron chi connectivity index (χ3n) is 2.86. The average Bonchev–Trinajstić information content (AvgIpc) is 2.96. The van der Waals surface area contributed by atoms with Gasteiger partial charge in [-0.15, -0.1) is 0 Å². The van der Waals surface area contributed by atoms with Gasteiger partial charge in [0.05, 0.1) is 29.6 Å². The summed E-state index contributed by atoms with van der Waals surface area (Å²) < 4.78 is 11.8. The maximum Gasteiger partial charge on any atom is 0.341 e. The van der Waals surface area contributed by atoms with Gasteiger partial charge in [-0.3, -0.25) is 0 Å². The minimum absolute atomic E-state index is 0.314. The van der Waals surface area contributed by atoms with E-state index < -0.39 is 11.6 Å². The molecule has 0 amide bonds. The number of hydrogen-bond acceptors (Lipinski definition) is 5. The lowest BCUT2D eigenvalue weighted by atomic mass is 10.1. The van der Waals surface area contributed by atoms with Crippen LogP contribution < -0.4 is 0 Å². The Balaban J connectivity index is 2.14. The van der Waals surface area contributed by atoms with Crippen LogP contribution in [0, 0.1) is 0 Å². The summed E-state index contributed by atoms with van der Waals surface area (Å²) in [5.41, 5.74) is 1.03. The first-order valence-electron chi connectivity index (χ1n) is 7.36. The first-order chi connectivity index (χ1) is 10.8. The van der Waals surface area contributed by atoms with Gasteiger partial charge in [0, 0.05) is 6.20 Å². The zero-order valence-corrected chi connectivity index (χ0v) is 13.7. The fourth-order valence-electron chi connectivity index (χ4n) is 1.87. The number of aromatic nitrogens is 2. The van der Waals surface area contributed by atoms with E-state index in [0.717, 1.165) is 5.69 Å². The first-order valence-corrected chi connectivity index (χ1v) is 7.36. The van der Waals surface area contributed by atoms with Crippen molar-refractivity contribution >= 4 is 11.9 Å². The summed E-state index contributed by atoms with van der Waals surface area (Å²) in [6.07, 6.45) is 3.03. The molecule has 23 heavy (non-hydrogen) atoms. The van der Waals surface area contributed by atoms with Gasteiger partial charge in [-0.1, -0.05) is 0 Å². The highest BCUT2D eigenvalue weighted by atomic mass is 16.6. The Morgan fingerprint density at radius 2 is 1.74 bits per heavy atom. The summed E-state index contributed by atoms with van der Waals surface area (Å²) in [7, 11) is 0. The van der Waals surface area contributed by atoms with E-state index in [4.69, 9.17) is 9.47 Å². The number of esters is 2. The summed E-state index contributed by atoms with van der Waals surface area (Å²) in [6.45, 7) is 7.52. The fourth-order valence-corrected chi connectivity index (χ4v) is 1.87. The van der Waals surface area contributed by atoms with Crippen molar-refractivity contribution in [2.75, 3.05) is 6.61 Å². The molecule has 0 saturated carbocycles. The van der Waals surface area contributed by atoms with E-state index in [1.807, 2.05) is 20.8 Å². The molecular formula is C17H20N2O4. The van der Waals surface area contributed by atoms with Crippen LogP contribution in [0.3, 0.4) is 0 Å². The Kier molecular flexibility index (Phi) is 4.83. The molecule has 0 aliphatic rings. The van der Waals surface area contributed by atoms with Crippen molar-refractivity contribution in [2.45, 2.75) is 33.3 Å². The summed E-state index contributed by atoms with van der Waals surface area (Å²) in [5, 5.41) is 4.12. The van der Waals surface area contributed by atoms with Gasteiger partial charge >= 0.3 is 11.9 Å². The van der Waals surface area contributed by atoms with Crippen LogP contribution in [0.25, 0.3) is 5.69 Å². The molecule has 1 aromatic heterocycles. The quantitative estimate of drug-likeness (QED) is 0.811. The normalized spacial score (nSPS) is 11.1. The zero-order valence-electron chi connectivity index (χ0n) is 13.7. The molecule has 0 radical (unpaired) electrons. The SMILES string of the molecule is CCOC(=O)c1cnn(-c2ccc(C(=O)OC(C)(C)C)cc2)c1. The van der Waals surface area contributed by atoms with Gasteiger partial charge in [-0.05, 0) is 52.0 Å². The lowest BCUT2D eigenvalue weighted by Crippen LogP contribution is -2.23. The number of hydrogen-bond donors (Lipinski definition) is 0. The first kappa shape index (κ1) is 16.7. The van der Waals surface area contributed by atoms with E-state index in [0.29, 0.717) is 17.7 Å². The van der Waals surface area contributed by atoms with Gasteiger partial charge in [-0.2, -0.15) is 5.10 Å². The molecule has 6 heteroatoms. The van der Waals surface area contributed by atoms with Gasteiger partial charge in [-0.25, -0.2) is 14.3 Å². The maximum atomic E-state index is 12.0. The fraction of sp³-hybridized carbons (Fsp3) is 0.353. The van der Waals surface area contributed by atoms with E-state index in [1.54, 1.807) is 42.1 Å². The molecule has 2 aromatic rings. The summed E-state index contributed by atoms with van der Waals surface area (Å²) in [6, 6.07) is 6.80. The van der Waals surface area contributed by atoms with E-state index in [2.05, 4.69) is 5.10 Å². The van der Waals surface area contributed by atoms with Crippen LogP contribution in [-0.2, 0) is 9.47 Å². The summed E-state index contributed by atoms with van der Waals surface area (Å²) in [4.78, 5) is 23.6. The second-order valence-corrected chi connectivity index (χ2v) is 5.94. The molecule has 0 unspecified atom stereocenters. The predicted molar refractivity (Wildman–Crippen MR) is 84.7 cm³/mol. The van der Waals surface area contributed by atoms with E-state index in [9.17, 15) is 9.59 Å². The van der Waals surface area contributed by atoms with Gasteiger partial charge in [0.25, 0.3) is 0 Å². The summed E-state index contributed by atoms with van der Waals surface area (Å²) >= 11 is 0. The molecule has 0 fully saturated rings. The number of rotatable bonds is 4. The highest BCUT2D eigenvalue weighted by Crippen LogP contribution is 2.15. The number of benzene rings is 1. The van der Waals surface area contributed by atoms with E-state index in [-0.39, 0.29) is 5.97 Å². The third-order valence-corrected chi connectivity index (χ3v) is 2.86. The van der Waals surface area contributed by atoms with E-state index in [1.165, 1.54) is 6.20 Å². The zero-order chi connectivity index (χ0) is 17.0. The smallest absolute Gasteiger partial charge is 0.341 e. The van der Waals surface area contributed by atoms with E-state index >= 15 is 0 Å². The van der Waals surface area contributed by atoms with Crippen molar-refractivity contribution in [3.63, 3.8) is 0 Å². The standard InChI is InChI=1S/C17H20N2O4/c1-5-22-15(20)13-10-18-19(11-13)14-8-6-12(7-9-14)16(21)23-17(2,3)4/h6-11H,5H2,1-4H3. The average molecular weight is 316 g/mol. The Hall–Kier alpha value is -2.63. The predicted octanol–water partition coefficient (Wildman–Crippen LogP) is 3.00. The van der Waals surface area contributed by atoms with Crippen LogP contribution in [0.1, 0.15) is 48.4 Å². The van der Waals surface area contributed by atoms with Gasteiger partial charge in [0.15, 0.2) is 0 Å². The Morgan fingerprint density at radius 1 is 1.09 bits per heavy atom. The Morgan fingerprint density at radius 3 is 2.30 bits per heavy atom. The van der Waals surface area contributed by atoms with Gasteiger partial charge in [0.2, 0.25) is 0 Å². The Labute approximate surface area is 135 Å². The van der Waals surface area contributed by atoms with Gasteiger partial charge < -0.3 is 9.47 Å². The third kappa shape index (κ3) is 4.42. The summed E-state index contributed by atoms with van der Waals surface area (Å²) in [5.74, 6) is -0.791. The van der Waals surface area contributed by atoms with Crippen LogP contribution in [0.2, 0.25) is 0 Å². The van der Waals surface area contributed by atoms with Crippen molar-refractivity contribution in [1.29, 1.82) is 0 Å². The molecule has 0 atom stereocenters. The molecule has 0 aliphatic heterocycles. The molecule has 1 aromatic carbocycles. The van der Waals surface area contributed by atoms with Crippen LogP contribution in [0.15, 0.2) is 36.7 Å². The van der Waals surface area contributed by atoms with Crippen LogP contribution in [-0.4, -0.2) is 33.9 Å². The molecule has 2 rings (SSSR count). The van der Waals surface area contributed by atoms with Gasteiger partial charge in [0.1, 0.15) is 5.60 Å². The van der Waals surface area contributed by atoms with Crippen LogP contribution >= 0.6 is 0 Å². The van der Waals surface area contributed by atoms with Crippen molar-refractivity contribution < 1.29 is 19.1 Å². The highest BCUT2D eigenvalue weighted by molar-refractivity contribution is 5.90. The molecule has 0 bridgehead atoms. The second-order valence-electron chi connectivity index (χ2n) is 5.94. The maximum absolute atomic E-state index is 12.0. The van der Waals surface area contributed by atoms with Crippen molar-refractivity contribution in [2.24, 2.45) is 0 Å². The lowest BCUT2D eigenvalue weighted by Gasteiger charge is -2.19. The molecule has 0 N–H and O–H groups in total. The van der Waals surface area contributed by atoms with Crippen LogP contribution in [0.4, 0.5) is 0 Å². The molecular weight excluding hydrogens is 296 g/mol. The molecule has 1 heterocycles. The number of carbonyl (C=O) groups excluding carboxylic acids is 2. The topological polar surface area (TPSA) is 70.4 Å². The molecule has 0 spiro atoms. The minimum atomic E-state index is -0.535. The van der Waals surface area contributed by atoms with Crippen molar-refractivity contribution in [3.05, 3.63) is 47.8 Å². The number of carbonyl (C=O) groups is 2. The largest absolute Gasteiger partial charge is 0.462 e. The molecule has 122 valence electrons. The molecule has 0 aliphatic carbocycles. The minimum Gasteiger partial charge on any atom is -0.462 e.